The summed E-state index contributed by atoms with van der Waals surface area (Å²) in [5.74, 6) is 0.344. The van der Waals surface area contributed by atoms with E-state index in [1.807, 2.05) is 4.90 Å². The average molecular weight is 279 g/mol. The largest absolute Gasteiger partial charge is 0.369 e. The van der Waals surface area contributed by atoms with Crippen LogP contribution in [0.2, 0.25) is 0 Å². The van der Waals surface area contributed by atoms with Gasteiger partial charge in [-0.2, -0.15) is 0 Å². The van der Waals surface area contributed by atoms with Gasteiger partial charge in [-0.25, -0.2) is 0 Å². The molecule has 20 heavy (non-hydrogen) atoms. The smallest absolute Gasteiger partial charge is 0.222 e. The summed E-state index contributed by atoms with van der Waals surface area (Å²) in [5.41, 5.74) is 5.37. The minimum atomic E-state index is -0.262. The predicted octanol–water partition coefficient (Wildman–Crippen LogP) is 0.631. The first kappa shape index (κ1) is 13.9. The molecule has 0 aromatic carbocycles. The molecule has 0 radical (unpaired) electrons. The minimum Gasteiger partial charge on any atom is -0.369 e. The Morgan fingerprint density at radius 3 is 2.50 bits per heavy atom. The van der Waals surface area contributed by atoms with Gasteiger partial charge in [0.05, 0.1) is 5.92 Å². The molecule has 3 heterocycles. The molecule has 112 valence electrons. The third kappa shape index (κ3) is 2.97. The van der Waals surface area contributed by atoms with E-state index >= 15 is 0 Å². The molecule has 0 aliphatic carbocycles. The van der Waals surface area contributed by atoms with Crippen molar-refractivity contribution in [1.29, 1.82) is 0 Å². The number of nitrogens with one attached hydrogen (secondary N) is 1. The Kier molecular flexibility index (Phi) is 3.96. The molecule has 0 aromatic rings. The number of rotatable bonds is 3. The van der Waals surface area contributed by atoms with Crippen LogP contribution in [0.15, 0.2) is 0 Å². The number of piperidine rings is 2. The van der Waals surface area contributed by atoms with Crippen LogP contribution in [0.3, 0.4) is 0 Å². The van der Waals surface area contributed by atoms with E-state index < -0.39 is 0 Å². The Balaban J connectivity index is 1.52. The van der Waals surface area contributed by atoms with Gasteiger partial charge in [0.15, 0.2) is 0 Å². The Bertz CT molecular complexity index is 387. The van der Waals surface area contributed by atoms with Crippen molar-refractivity contribution in [2.75, 3.05) is 13.1 Å². The monoisotopic (exact) mass is 279 g/mol. The van der Waals surface area contributed by atoms with Crippen molar-refractivity contribution in [3.63, 3.8) is 0 Å². The van der Waals surface area contributed by atoms with E-state index in [2.05, 4.69) is 5.32 Å². The fraction of sp³-hybridized carbons (Fsp3) is 0.867. The summed E-state index contributed by atoms with van der Waals surface area (Å²) in [4.78, 5) is 25.6. The average Bonchev–Trinajstić information content (AvgIpc) is 2.78. The van der Waals surface area contributed by atoms with Crippen LogP contribution in [0.25, 0.3) is 0 Å². The Hall–Kier alpha value is -1.10. The van der Waals surface area contributed by atoms with Crippen LogP contribution in [-0.4, -0.2) is 41.9 Å². The van der Waals surface area contributed by atoms with Crippen molar-refractivity contribution >= 4 is 11.8 Å². The maximum Gasteiger partial charge on any atom is 0.222 e. The summed E-state index contributed by atoms with van der Waals surface area (Å²) < 4.78 is 0. The lowest BCUT2D eigenvalue weighted by Crippen LogP contribution is -2.45. The lowest BCUT2D eigenvalue weighted by atomic mass is 9.88. The summed E-state index contributed by atoms with van der Waals surface area (Å²) in [6.07, 6.45) is 7.18. The van der Waals surface area contributed by atoms with Crippen molar-refractivity contribution in [3.05, 3.63) is 0 Å². The third-order valence-corrected chi connectivity index (χ3v) is 5.21. The fourth-order valence-corrected chi connectivity index (χ4v) is 4.15. The van der Waals surface area contributed by atoms with Gasteiger partial charge in [0.2, 0.25) is 11.8 Å². The lowest BCUT2D eigenvalue weighted by Gasteiger charge is -2.34. The number of primary amides is 1. The second-order valence-corrected chi connectivity index (χ2v) is 6.76. The van der Waals surface area contributed by atoms with Crippen molar-refractivity contribution < 1.29 is 9.59 Å². The quantitative estimate of drug-likeness (QED) is 0.795. The first-order valence-electron chi connectivity index (χ1n) is 7.95. The summed E-state index contributed by atoms with van der Waals surface area (Å²) in [6, 6.07) is 1.26. The van der Waals surface area contributed by atoms with E-state index in [-0.39, 0.29) is 17.7 Å². The molecular weight excluding hydrogens is 254 g/mol. The molecule has 3 saturated heterocycles. The summed E-state index contributed by atoms with van der Waals surface area (Å²) in [6.45, 7) is 1.33. The molecule has 3 aliphatic rings. The molecule has 0 saturated carbocycles. The molecule has 3 aliphatic heterocycles. The first-order valence-corrected chi connectivity index (χ1v) is 7.95. The first-order chi connectivity index (χ1) is 9.61. The number of amides is 2. The zero-order valence-electron chi connectivity index (χ0n) is 12.0. The maximum atomic E-state index is 12.4. The maximum absolute atomic E-state index is 12.4. The van der Waals surface area contributed by atoms with E-state index in [1.165, 1.54) is 12.8 Å². The summed E-state index contributed by atoms with van der Waals surface area (Å²) in [5, 5.41) is 3.61. The van der Waals surface area contributed by atoms with Crippen LogP contribution in [0, 0.1) is 11.8 Å². The van der Waals surface area contributed by atoms with E-state index in [1.54, 1.807) is 0 Å². The minimum absolute atomic E-state index is 0.142. The van der Waals surface area contributed by atoms with Crippen LogP contribution < -0.4 is 11.1 Å². The molecule has 2 bridgehead atoms. The Morgan fingerprint density at radius 2 is 1.85 bits per heavy atom. The van der Waals surface area contributed by atoms with Gasteiger partial charge in [-0.05, 0) is 44.4 Å². The van der Waals surface area contributed by atoms with Gasteiger partial charge in [-0.3, -0.25) is 9.59 Å². The number of nitrogens with two attached hydrogens (primary N) is 1. The Morgan fingerprint density at radius 1 is 1.15 bits per heavy atom. The van der Waals surface area contributed by atoms with E-state index in [0.29, 0.717) is 31.0 Å². The SMILES string of the molecule is NC(=O)C1CCCN(C(=O)CC2CC3CCC(C2)N3)C1. The zero-order chi connectivity index (χ0) is 14.1. The van der Waals surface area contributed by atoms with Crippen molar-refractivity contribution in [2.24, 2.45) is 17.6 Å². The lowest BCUT2D eigenvalue weighted by molar-refractivity contribution is -0.136. The van der Waals surface area contributed by atoms with Crippen LogP contribution >= 0.6 is 0 Å². The molecule has 3 atom stereocenters. The second kappa shape index (κ2) is 5.72. The van der Waals surface area contributed by atoms with Crippen LogP contribution in [-0.2, 0) is 9.59 Å². The van der Waals surface area contributed by atoms with Gasteiger partial charge >= 0.3 is 0 Å². The number of hydrogen-bond donors (Lipinski definition) is 2. The van der Waals surface area contributed by atoms with Gasteiger partial charge in [-0.15, -0.1) is 0 Å². The predicted molar refractivity (Wildman–Crippen MR) is 75.8 cm³/mol. The molecule has 3 N–H and O–H groups in total. The van der Waals surface area contributed by atoms with Crippen molar-refractivity contribution in [3.8, 4) is 0 Å². The number of hydrogen-bond acceptors (Lipinski definition) is 3. The number of carbonyl (C=O) groups is 2. The number of carbonyl (C=O) groups excluding carboxylic acids is 2. The highest BCUT2D eigenvalue weighted by Crippen LogP contribution is 2.33. The molecule has 5 nitrogen and oxygen atoms in total. The van der Waals surface area contributed by atoms with Crippen LogP contribution in [0.4, 0.5) is 0 Å². The normalized spacial score (nSPS) is 36.9. The zero-order valence-corrected chi connectivity index (χ0v) is 12.0. The molecule has 0 spiro atoms. The van der Waals surface area contributed by atoms with Crippen molar-refractivity contribution in [2.45, 2.75) is 57.0 Å². The van der Waals surface area contributed by atoms with E-state index in [9.17, 15) is 9.59 Å². The highest BCUT2D eigenvalue weighted by molar-refractivity contribution is 5.80. The molecule has 5 heteroatoms. The van der Waals surface area contributed by atoms with Gasteiger partial charge in [0, 0.05) is 31.6 Å². The van der Waals surface area contributed by atoms with Crippen molar-refractivity contribution in [1.82, 2.24) is 10.2 Å². The molecule has 3 fully saturated rings. The summed E-state index contributed by atoms with van der Waals surface area (Å²) in [7, 11) is 0. The number of fused-ring (bicyclic) bond motifs is 2. The highest BCUT2D eigenvalue weighted by atomic mass is 16.2. The molecular formula is C15H25N3O2. The highest BCUT2D eigenvalue weighted by Gasteiger charge is 2.35. The molecule has 3 unspecified atom stereocenters. The topological polar surface area (TPSA) is 75.4 Å². The molecule has 0 aromatic heterocycles. The summed E-state index contributed by atoms with van der Waals surface area (Å²) >= 11 is 0. The molecule has 3 rings (SSSR count). The number of nitrogens with zero attached hydrogens (tertiary/aromatic N) is 1. The fourth-order valence-electron chi connectivity index (χ4n) is 4.15. The van der Waals surface area contributed by atoms with Gasteiger partial charge in [-0.1, -0.05) is 0 Å². The van der Waals surface area contributed by atoms with E-state index in [4.69, 9.17) is 5.73 Å². The van der Waals surface area contributed by atoms with Crippen LogP contribution in [0.5, 0.6) is 0 Å². The van der Waals surface area contributed by atoms with E-state index in [0.717, 1.165) is 32.2 Å². The second-order valence-electron chi connectivity index (χ2n) is 6.76. The van der Waals surface area contributed by atoms with Gasteiger partial charge < -0.3 is 16.0 Å². The number of likely N-dealkylation sites (tertiary alicyclic amines) is 1. The standard InChI is InChI=1S/C15H25N3O2/c16-15(20)11-2-1-5-18(9-11)14(19)8-10-6-12-3-4-13(7-10)17-12/h10-13,17H,1-9H2,(H2,16,20). The molecule has 2 amide bonds. The van der Waals surface area contributed by atoms with Gasteiger partial charge in [0.1, 0.15) is 0 Å². The third-order valence-electron chi connectivity index (χ3n) is 5.21. The Labute approximate surface area is 120 Å². The van der Waals surface area contributed by atoms with Gasteiger partial charge in [0.25, 0.3) is 0 Å². The van der Waals surface area contributed by atoms with Crippen LogP contribution in [0.1, 0.15) is 44.9 Å².